The highest BCUT2D eigenvalue weighted by atomic mass is 19.4. The summed E-state index contributed by atoms with van der Waals surface area (Å²) in [6, 6.07) is 4.32. The molecule has 0 aliphatic heterocycles. The summed E-state index contributed by atoms with van der Waals surface area (Å²) in [6.07, 6.45) is -3.57. The monoisotopic (exact) mass is 426 g/mol. The van der Waals surface area contributed by atoms with E-state index in [1.165, 1.54) is 42.1 Å². The van der Waals surface area contributed by atoms with Crippen molar-refractivity contribution in [1.29, 1.82) is 0 Å². The number of benzene rings is 1. The Balaban J connectivity index is 1.86. The van der Waals surface area contributed by atoms with E-state index in [1.807, 2.05) is 0 Å². The van der Waals surface area contributed by atoms with Crippen molar-refractivity contribution in [3.63, 3.8) is 0 Å². The van der Waals surface area contributed by atoms with Crippen LogP contribution in [-0.2, 0) is 11.0 Å². The first-order valence-corrected chi connectivity index (χ1v) is 8.84. The maximum absolute atomic E-state index is 13.1. The van der Waals surface area contributed by atoms with Crippen molar-refractivity contribution in [3.8, 4) is 5.69 Å². The zero-order valence-corrected chi connectivity index (χ0v) is 16.0. The van der Waals surface area contributed by atoms with Crippen LogP contribution in [0.25, 0.3) is 5.69 Å². The van der Waals surface area contributed by atoms with Gasteiger partial charge in [-0.1, -0.05) is 0 Å². The number of carbonyl (C=O) groups excluding carboxylic acids is 1. The molecule has 0 saturated heterocycles. The summed E-state index contributed by atoms with van der Waals surface area (Å²) in [5, 5.41) is 19.4. The zero-order valence-electron chi connectivity index (χ0n) is 16.0. The number of alkyl halides is 3. The van der Waals surface area contributed by atoms with Crippen LogP contribution in [0.3, 0.4) is 0 Å². The van der Waals surface area contributed by atoms with Gasteiger partial charge in [0.1, 0.15) is 17.7 Å². The van der Waals surface area contributed by atoms with Crippen LogP contribution in [0, 0.1) is 19.7 Å². The number of rotatable bonds is 6. The largest absolute Gasteiger partial charge is 0.453 e. The predicted octanol–water partition coefficient (Wildman–Crippen LogP) is 2.80. The Hall–Kier alpha value is -3.28. The van der Waals surface area contributed by atoms with Crippen molar-refractivity contribution in [2.75, 3.05) is 11.9 Å². The highest BCUT2D eigenvalue weighted by Crippen LogP contribution is 2.28. The molecule has 8 nitrogen and oxygen atoms in total. The Bertz CT molecular complexity index is 1040. The fraction of sp³-hybridized carbons (Fsp3) is 0.333. The summed E-state index contributed by atoms with van der Waals surface area (Å²) in [5.41, 5.74) is 1.38. The maximum Gasteiger partial charge on any atom is 0.453 e. The van der Waals surface area contributed by atoms with Crippen LogP contribution in [0.2, 0.25) is 0 Å². The lowest BCUT2D eigenvalue weighted by atomic mass is 10.2. The maximum atomic E-state index is 13.1. The number of amides is 1. The third-order valence-electron chi connectivity index (χ3n) is 4.39. The molecule has 30 heavy (non-hydrogen) atoms. The quantitative estimate of drug-likeness (QED) is 0.591. The number of aliphatic hydroxyl groups excluding tert-OH is 1. The molecule has 1 amide bonds. The lowest BCUT2D eigenvalue weighted by molar-refractivity contribution is -0.145. The number of carbonyl (C=O) groups is 1. The van der Waals surface area contributed by atoms with Gasteiger partial charge in [-0.25, -0.2) is 18.7 Å². The minimum atomic E-state index is -4.76. The number of hydrogen-bond donors (Lipinski definition) is 2. The first-order valence-electron chi connectivity index (χ1n) is 8.84. The fourth-order valence-corrected chi connectivity index (χ4v) is 2.89. The zero-order chi connectivity index (χ0) is 22.1. The molecular formula is C18H18F4N6O2. The summed E-state index contributed by atoms with van der Waals surface area (Å²) in [4.78, 5) is 16.1. The fourth-order valence-electron chi connectivity index (χ4n) is 2.89. The van der Waals surface area contributed by atoms with Crippen LogP contribution in [0.5, 0.6) is 0 Å². The van der Waals surface area contributed by atoms with Crippen molar-refractivity contribution < 1.29 is 27.5 Å². The van der Waals surface area contributed by atoms with Gasteiger partial charge in [-0.05, 0) is 38.1 Å². The third-order valence-corrected chi connectivity index (χ3v) is 4.39. The normalized spacial score (nSPS) is 12.8. The van der Waals surface area contributed by atoms with E-state index < -0.39 is 36.4 Å². The van der Waals surface area contributed by atoms with Crippen LogP contribution in [0.1, 0.15) is 29.8 Å². The number of anilines is 1. The molecule has 1 atom stereocenters. The molecule has 12 heteroatoms. The molecule has 2 heterocycles. The number of nitrogens with one attached hydrogen (secondary N) is 1. The van der Waals surface area contributed by atoms with Crippen LogP contribution in [-0.4, -0.2) is 42.2 Å². The van der Waals surface area contributed by atoms with E-state index in [4.69, 9.17) is 0 Å². The van der Waals surface area contributed by atoms with E-state index in [9.17, 15) is 27.5 Å². The van der Waals surface area contributed by atoms with Gasteiger partial charge in [0.2, 0.25) is 5.91 Å². The summed E-state index contributed by atoms with van der Waals surface area (Å²) < 4.78 is 54.1. The number of halogens is 4. The van der Waals surface area contributed by atoms with Gasteiger partial charge in [0.25, 0.3) is 5.82 Å². The van der Waals surface area contributed by atoms with E-state index in [2.05, 4.69) is 20.5 Å². The Morgan fingerprint density at radius 3 is 2.47 bits per heavy atom. The van der Waals surface area contributed by atoms with Crippen molar-refractivity contribution in [1.82, 2.24) is 24.5 Å². The minimum absolute atomic E-state index is 0.116. The standard InChI is InChI=1S/C18H18F4N6O2/c1-10-14(9-23-27(10)13-5-3-12(19)4-6-13)25-16(30)15(7-8-29)28-11(2)24-17(26-28)18(20,21)22/h3-6,9,15,29H,7-8H2,1-2H3,(H,25,30). The second-order valence-electron chi connectivity index (χ2n) is 6.47. The molecule has 3 rings (SSSR count). The first kappa shape index (κ1) is 21.4. The van der Waals surface area contributed by atoms with Gasteiger partial charge in [-0.15, -0.1) is 5.10 Å². The minimum Gasteiger partial charge on any atom is -0.396 e. The molecule has 0 spiro atoms. The van der Waals surface area contributed by atoms with E-state index >= 15 is 0 Å². The third kappa shape index (κ3) is 4.32. The second kappa shape index (κ2) is 8.22. The van der Waals surface area contributed by atoms with Gasteiger partial charge in [-0.2, -0.15) is 18.3 Å². The average Bonchev–Trinajstić information content (AvgIpc) is 3.24. The summed E-state index contributed by atoms with van der Waals surface area (Å²) in [6.45, 7) is 2.50. The topological polar surface area (TPSA) is 97.9 Å². The van der Waals surface area contributed by atoms with Crippen LogP contribution in [0.15, 0.2) is 30.5 Å². The van der Waals surface area contributed by atoms with E-state index in [0.717, 1.165) is 4.68 Å². The molecule has 3 aromatic rings. The number of hydrogen-bond acceptors (Lipinski definition) is 5. The Morgan fingerprint density at radius 1 is 1.23 bits per heavy atom. The highest BCUT2D eigenvalue weighted by molar-refractivity contribution is 5.94. The van der Waals surface area contributed by atoms with Crippen LogP contribution >= 0.6 is 0 Å². The number of nitrogens with zero attached hydrogens (tertiary/aromatic N) is 5. The van der Waals surface area contributed by atoms with Gasteiger partial charge in [-0.3, -0.25) is 4.79 Å². The van der Waals surface area contributed by atoms with Crippen LogP contribution in [0.4, 0.5) is 23.2 Å². The van der Waals surface area contributed by atoms with Gasteiger partial charge in [0, 0.05) is 13.0 Å². The van der Waals surface area contributed by atoms with Gasteiger partial charge in [0.05, 0.1) is 23.3 Å². The second-order valence-corrected chi connectivity index (χ2v) is 6.47. The lowest BCUT2D eigenvalue weighted by Gasteiger charge is -2.17. The van der Waals surface area contributed by atoms with Gasteiger partial charge in [0.15, 0.2) is 0 Å². The Kier molecular flexibility index (Phi) is 5.87. The van der Waals surface area contributed by atoms with Crippen molar-refractivity contribution >= 4 is 11.6 Å². The molecule has 0 radical (unpaired) electrons. The molecule has 0 aliphatic rings. The molecule has 2 aromatic heterocycles. The molecule has 160 valence electrons. The molecule has 1 aromatic carbocycles. The number of aromatic nitrogens is 5. The molecule has 2 N–H and O–H groups in total. The number of aliphatic hydroxyl groups is 1. The lowest BCUT2D eigenvalue weighted by Crippen LogP contribution is -2.29. The predicted molar refractivity (Wildman–Crippen MR) is 97.4 cm³/mol. The first-order chi connectivity index (χ1) is 14.1. The molecule has 0 bridgehead atoms. The summed E-state index contributed by atoms with van der Waals surface area (Å²) in [7, 11) is 0. The van der Waals surface area contributed by atoms with Crippen LogP contribution < -0.4 is 5.32 Å². The van der Waals surface area contributed by atoms with Crippen molar-refractivity contribution in [2.24, 2.45) is 0 Å². The van der Waals surface area contributed by atoms with Crippen molar-refractivity contribution in [3.05, 3.63) is 53.6 Å². The SMILES string of the molecule is Cc1c(NC(=O)C(CCO)n2nc(C(F)(F)F)nc2C)cnn1-c1ccc(F)cc1. The van der Waals surface area contributed by atoms with Crippen molar-refractivity contribution in [2.45, 2.75) is 32.5 Å². The highest BCUT2D eigenvalue weighted by Gasteiger charge is 2.38. The van der Waals surface area contributed by atoms with E-state index in [0.29, 0.717) is 17.1 Å². The van der Waals surface area contributed by atoms with E-state index in [1.54, 1.807) is 6.92 Å². The van der Waals surface area contributed by atoms with E-state index in [-0.39, 0.29) is 12.2 Å². The van der Waals surface area contributed by atoms with Gasteiger partial charge >= 0.3 is 6.18 Å². The smallest absolute Gasteiger partial charge is 0.396 e. The van der Waals surface area contributed by atoms with Gasteiger partial charge < -0.3 is 10.4 Å². The Labute approximate surface area is 168 Å². The summed E-state index contributed by atoms with van der Waals surface area (Å²) >= 11 is 0. The Morgan fingerprint density at radius 2 is 1.90 bits per heavy atom. The molecule has 1 unspecified atom stereocenters. The molecule has 0 aliphatic carbocycles. The molecule has 0 fully saturated rings. The average molecular weight is 426 g/mol. The number of aryl methyl sites for hydroxylation is 1. The summed E-state index contributed by atoms with van der Waals surface area (Å²) in [5.74, 6) is -2.58. The molecular weight excluding hydrogens is 408 g/mol. The molecule has 0 saturated carbocycles.